The molecule has 0 unspecified atom stereocenters. The first-order valence-electron chi connectivity index (χ1n) is 9.93. The van der Waals surface area contributed by atoms with Crippen molar-refractivity contribution in [1.29, 1.82) is 0 Å². The van der Waals surface area contributed by atoms with Crippen molar-refractivity contribution in [3.8, 4) is 0 Å². The number of nitrogens with two attached hydrogens (primary N) is 1. The van der Waals surface area contributed by atoms with Gasteiger partial charge in [-0.25, -0.2) is 0 Å². The molecule has 5 nitrogen and oxygen atoms in total. The lowest BCUT2D eigenvalue weighted by Crippen LogP contribution is -2.44. The molecule has 2 amide bonds. The highest BCUT2D eigenvalue weighted by Gasteiger charge is 2.39. The summed E-state index contributed by atoms with van der Waals surface area (Å²) in [5, 5.41) is 0. The first kappa shape index (κ1) is 17.5. The van der Waals surface area contributed by atoms with Crippen LogP contribution in [0.25, 0.3) is 0 Å². The van der Waals surface area contributed by atoms with Gasteiger partial charge in [0.1, 0.15) is 0 Å². The van der Waals surface area contributed by atoms with Crippen molar-refractivity contribution in [2.24, 2.45) is 17.6 Å². The lowest BCUT2D eigenvalue weighted by Gasteiger charge is -2.35. The monoisotopic (exact) mass is 356 g/mol. The number of primary amides is 1. The average Bonchev–Trinajstić information content (AvgIpc) is 3.10. The number of ether oxygens (including phenoxy) is 1. The SMILES string of the molecule is NC(=O)[C@H]1CCO[C@@H]1C1CCN(C(=O)c2ccc(C3CCC3)cc2)CC1. The molecule has 2 saturated heterocycles. The minimum absolute atomic E-state index is 0.0634. The van der Waals surface area contributed by atoms with Crippen LogP contribution in [0.3, 0.4) is 0 Å². The van der Waals surface area contributed by atoms with Crippen molar-refractivity contribution in [1.82, 2.24) is 4.90 Å². The number of benzene rings is 1. The summed E-state index contributed by atoms with van der Waals surface area (Å²) < 4.78 is 5.79. The third-order valence-electron chi connectivity index (χ3n) is 6.53. The van der Waals surface area contributed by atoms with Gasteiger partial charge in [-0.15, -0.1) is 0 Å². The molecule has 3 fully saturated rings. The number of piperidine rings is 1. The Morgan fingerprint density at radius 3 is 2.27 bits per heavy atom. The zero-order valence-corrected chi connectivity index (χ0v) is 15.2. The molecule has 0 radical (unpaired) electrons. The molecule has 0 aromatic heterocycles. The van der Waals surface area contributed by atoms with Crippen LogP contribution in [-0.2, 0) is 9.53 Å². The van der Waals surface area contributed by atoms with Crippen LogP contribution in [0.15, 0.2) is 24.3 Å². The Balaban J connectivity index is 1.34. The van der Waals surface area contributed by atoms with Crippen molar-refractivity contribution in [2.45, 2.75) is 50.5 Å². The molecule has 2 N–H and O–H groups in total. The zero-order chi connectivity index (χ0) is 18.1. The van der Waals surface area contributed by atoms with E-state index >= 15 is 0 Å². The second kappa shape index (κ2) is 7.39. The summed E-state index contributed by atoms with van der Waals surface area (Å²) in [6, 6.07) is 8.19. The second-order valence-corrected chi connectivity index (χ2v) is 8.01. The van der Waals surface area contributed by atoms with Gasteiger partial charge in [0, 0.05) is 25.3 Å². The van der Waals surface area contributed by atoms with Gasteiger partial charge in [-0.05, 0) is 61.6 Å². The molecule has 2 atom stereocenters. The van der Waals surface area contributed by atoms with Crippen LogP contribution in [0.5, 0.6) is 0 Å². The molecule has 26 heavy (non-hydrogen) atoms. The molecule has 5 heteroatoms. The van der Waals surface area contributed by atoms with Crippen LogP contribution < -0.4 is 5.73 Å². The topological polar surface area (TPSA) is 72.6 Å². The quantitative estimate of drug-likeness (QED) is 0.901. The lowest BCUT2D eigenvalue weighted by atomic mass is 9.80. The van der Waals surface area contributed by atoms with Gasteiger partial charge in [0.15, 0.2) is 0 Å². The molecule has 140 valence electrons. The van der Waals surface area contributed by atoms with Gasteiger partial charge < -0.3 is 15.4 Å². The summed E-state index contributed by atoms with van der Waals surface area (Å²) in [5.74, 6) is 0.709. The van der Waals surface area contributed by atoms with Crippen LogP contribution in [0, 0.1) is 11.8 Å². The van der Waals surface area contributed by atoms with E-state index in [2.05, 4.69) is 12.1 Å². The summed E-state index contributed by atoms with van der Waals surface area (Å²) in [4.78, 5) is 26.3. The Kier molecular flexibility index (Phi) is 4.98. The molecular formula is C21H28N2O3. The van der Waals surface area contributed by atoms with Crippen molar-refractivity contribution >= 4 is 11.8 Å². The highest BCUT2D eigenvalue weighted by atomic mass is 16.5. The zero-order valence-electron chi connectivity index (χ0n) is 15.2. The Morgan fingerprint density at radius 2 is 1.69 bits per heavy atom. The lowest BCUT2D eigenvalue weighted by molar-refractivity contribution is -0.124. The fraction of sp³-hybridized carbons (Fsp3) is 0.619. The molecule has 1 aromatic rings. The third-order valence-corrected chi connectivity index (χ3v) is 6.53. The molecule has 0 bridgehead atoms. The predicted molar refractivity (Wildman–Crippen MR) is 98.7 cm³/mol. The van der Waals surface area contributed by atoms with Crippen LogP contribution >= 0.6 is 0 Å². The van der Waals surface area contributed by atoms with Gasteiger partial charge in [0.2, 0.25) is 5.91 Å². The maximum absolute atomic E-state index is 12.8. The van der Waals surface area contributed by atoms with Gasteiger partial charge in [0.25, 0.3) is 5.91 Å². The number of hydrogen-bond acceptors (Lipinski definition) is 3. The highest BCUT2D eigenvalue weighted by molar-refractivity contribution is 5.94. The number of carbonyl (C=O) groups excluding carboxylic acids is 2. The number of likely N-dealkylation sites (tertiary alicyclic amines) is 1. The van der Waals surface area contributed by atoms with E-state index in [0.29, 0.717) is 18.4 Å². The summed E-state index contributed by atoms with van der Waals surface area (Å²) in [6.45, 7) is 2.06. The molecule has 2 aliphatic heterocycles. The fourth-order valence-electron chi connectivity index (χ4n) is 4.63. The normalized spacial score (nSPS) is 27.3. The molecule has 1 aromatic carbocycles. The maximum atomic E-state index is 12.8. The van der Waals surface area contributed by atoms with Crippen LogP contribution in [0.1, 0.15) is 60.4 Å². The van der Waals surface area contributed by atoms with E-state index in [-0.39, 0.29) is 23.8 Å². The predicted octanol–water partition coefficient (Wildman–Crippen LogP) is 2.70. The van der Waals surface area contributed by atoms with Crippen molar-refractivity contribution in [3.05, 3.63) is 35.4 Å². The van der Waals surface area contributed by atoms with Gasteiger partial charge in [-0.2, -0.15) is 0 Å². The molecule has 1 saturated carbocycles. The summed E-state index contributed by atoms with van der Waals surface area (Å²) in [7, 11) is 0. The van der Waals surface area contributed by atoms with Crippen LogP contribution in [0.2, 0.25) is 0 Å². The molecule has 0 spiro atoms. The first-order valence-corrected chi connectivity index (χ1v) is 9.93. The third kappa shape index (κ3) is 3.37. The number of amides is 2. The van der Waals surface area contributed by atoms with Crippen LogP contribution in [0.4, 0.5) is 0 Å². The van der Waals surface area contributed by atoms with E-state index in [1.807, 2.05) is 17.0 Å². The summed E-state index contributed by atoms with van der Waals surface area (Å²) >= 11 is 0. The van der Waals surface area contributed by atoms with E-state index in [1.54, 1.807) is 0 Å². The second-order valence-electron chi connectivity index (χ2n) is 8.01. The highest BCUT2D eigenvalue weighted by Crippen LogP contribution is 2.36. The Bertz CT molecular complexity index is 660. The van der Waals surface area contributed by atoms with Crippen molar-refractivity contribution < 1.29 is 14.3 Å². The molecule has 2 heterocycles. The van der Waals surface area contributed by atoms with Gasteiger partial charge >= 0.3 is 0 Å². The van der Waals surface area contributed by atoms with Gasteiger partial charge in [0.05, 0.1) is 12.0 Å². The first-order chi connectivity index (χ1) is 12.6. The Hall–Kier alpha value is -1.88. The average molecular weight is 356 g/mol. The molecular weight excluding hydrogens is 328 g/mol. The molecule has 1 aliphatic carbocycles. The van der Waals surface area contributed by atoms with E-state index in [4.69, 9.17) is 10.5 Å². The summed E-state index contributed by atoms with van der Waals surface area (Å²) in [5.41, 5.74) is 7.65. The minimum Gasteiger partial charge on any atom is -0.377 e. The van der Waals surface area contributed by atoms with Crippen molar-refractivity contribution in [3.63, 3.8) is 0 Å². The standard InChI is InChI=1S/C21H28N2O3/c22-20(24)18-10-13-26-19(18)16-8-11-23(12-9-16)21(25)17-6-4-15(5-7-17)14-2-1-3-14/h4-7,14,16,18-19H,1-3,8-13H2,(H2,22,24)/t18-,19+/m0/s1. The van der Waals surface area contributed by atoms with Gasteiger partial charge in [-0.1, -0.05) is 18.6 Å². The van der Waals surface area contributed by atoms with Gasteiger partial charge in [-0.3, -0.25) is 9.59 Å². The summed E-state index contributed by atoms with van der Waals surface area (Å²) in [6.07, 6.45) is 6.29. The van der Waals surface area contributed by atoms with Crippen molar-refractivity contribution in [2.75, 3.05) is 19.7 Å². The van der Waals surface area contributed by atoms with E-state index in [0.717, 1.165) is 37.9 Å². The van der Waals surface area contributed by atoms with E-state index in [9.17, 15) is 9.59 Å². The maximum Gasteiger partial charge on any atom is 0.253 e. The Labute approximate surface area is 154 Å². The fourth-order valence-corrected chi connectivity index (χ4v) is 4.63. The van der Waals surface area contributed by atoms with Crippen LogP contribution in [-0.4, -0.2) is 42.5 Å². The largest absolute Gasteiger partial charge is 0.377 e. The Morgan fingerprint density at radius 1 is 1.00 bits per heavy atom. The smallest absolute Gasteiger partial charge is 0.253 e. The molecule has 3 aliphatic rings. The molecule has 4 rings (SSSR count). The minimum atomic E-state index is -0.252. The number of rotatable bonds is 4. The number of nitrogens with zero attached hydrogens (tertiary/aromatic N) is 1. The van der Waals surface area contributed by atoms with E-state index < -0.39 is 0 Å². The number of carbonyl (C=O) groups is 2. The van der Waals surface area contributed by atoms with E-state index in [1.165, 1.54) is 24.8 Å². The number of hydrogen-bond donors (Lipinski definition) is 1.